The fraction of sp³-hybridized carbons (Fsp3) is 0.375. The molecule has 1 aliphatic carbocycles. The van der Waals surface area contributed by atoms with E-state index in [1.165, 1.54) is 4.57 Å². The second-order valence-corrected chi connectivity index (χ2v) is 8.15. The summed E-state index contributed by atoms with van der Waals surface area (Å²) in [5.41, 5.74) is 1.19. The van der Waals surface area contributed by atoms with Crippen molar-refractivity contribution < 1.29 is 4.42 Å². The number of hydrogen-bond acceptors (Lipinski definition) is 4. The van der Waals surface area contributed by atoms with Gasteiger partial charge in [0.25, 0.3) is 5.56 Å². The van der Waals surface area contributed by atoms with Crippen LogP contribution in [0.5, 0.6) is 0 Å². The molecule has 1 aliphatic rings. The quantitative estimate of drug-likeness (QED) is 0.446. The smallest absolute Gasteiger partial charge is 0.331 e. The minimum atomic E-state index is -0.235. The summed E-state index contributed by atoms with van der Waals surface area (Å²) < 4.78 is 9.11. The number of pyridine rings is 1. The van der Waals surface area contributed by atoms with E-state index in [0.717, 1.165) is 61.7 Å². The van der Waals surface area contributed by atoms with E-state index in [0.29, 0.717) is 17.4 Å². The number of rotatable bonds is 6. The van der Waals surface area contributed by atoms with Crippen molar-refractivity contribution in [2.24, 2.45) is 0 Å². The molecule has 1 aromatic carbocycles. The SMILES string of the molecule is O=c1c2cnccc2n(C2CCCC2)c(=O)n1CCCCc1cc2ccccc2o1. The van der Waals surface area contributed by atoms with Gasteiger partial charge >= 0.3 is 5.69 Å². The Kier molecular flexibility index (Phi) is 4.99. The average molecular weight is 403 g/mol. The van der Waals surface area contributed by atoms with Gasteiger partial charge in [0.15, 0.2) is 0 Å². The van der Waals surface area contributed by atoms with Crippen molar-refractivity contribution >= 4 is 21.9 Å². The highest BCUT2D eigenvalue weighted by molar-refractivity contribution is 5.78. The van der Waals surface area contributed by atoms with Gasteiger partial charge in [0.2, 0.25) is 0 Å². The number of fused-ring (bicyclic) bond motifs is 2. The van der Waals surface area contributed by atoms with Gasteiger partial charge in [0.1, 0.15) is 11.3 Å². The van der Waals surface area contributed by atoms with Gasteiger partial charge in [-0.1, -0.05) is 31.0 Å². The van der Waals surface area contributed by atoms with E-state index in [-0.39, 0.29) is 17.3 Å². The molecule has 0 bridgehead atoms. The number of aryl methyl sites for hydroxylation is 1. The Labute approximate surface area is 173 Å². The summed E-state index contributed by atoms with van der Waals surface area (Å²) in [5, 5.41) is 1.63. The predicted molar refractivity (Wildman–Crippen MR) is 117 cm³/mol. The number of hydrogen-bond donors (Lipinski definition) is 0. The van der Waals surface area contributed by atoms with Crippen molar-refractivity contribution in [3.63, 3.8) is 0 Å². The topological polar surface area (TPSA) is 70.0 Å². The fourth-order valence-electron chi connectivity index (χ4n) is 4.67. The molecule has 0 N–H and O–H groups in total. The second kappa shape index (κ2) is 7.94. The summed E-state index contributed by atoms with van der Waals surface area (Å²) >= 11 is 0. The van der Waals surface area contributed by atoms with Crippen LogP contribution < -0.4 is 11.2 Å². The largest absolute Gasteiger partial charge is 0.461 e. The molecule has 3 aromatic heterocycles. The first-order valence-corrected chi connectivity index (χ1v) is 10.8. The van der Waals surface area contributed by atoms with Crippen LogP contribution in [0.2, 0.25) is 0 Å². The number of unbranched alkanes of at least 4 members (excludes halogenated alkanes) is 1. The van der Waals surface area contributed by atoms with Crippen molar-refractivity contribution in [3.8, 4) is 0 Å². The number of furan rings is 1. The zero-order valence-corrected chi connectivity index (χ0v) is 16.9. The van der Waals surface area contributed by atoms with Crippen LogP contribution >= 0.6 is 0 Å². The van der Waals surface area contributed by atoms with Gasteiger partial charge in [-0.3, -0.25) is 18.9 Å². The average Bonchev–Trinajstić information content (AvgIpc) is 3.43. The molecular weight excluding hydrogens is 378 g/mol. The van der Waals surface area contributed by atoms with E-state index in [4.69, 9.17) is 4.42 Å². The summed E-state index contributed by atoms with van der Waals surface area (Å²) in [7, 11) is 0. The molecule has 0 amide bonds. The highest BCUT2D eigenvalue weighted by Gasteiger charge is 2.22. The van der Waals surface area contributed by atoms with Gasteiger partial charge < -0.3 is 4.42 Å². The van der Waals surface area contributed by atoms with Crippen LogP contribution in [-0.4, -0.2) is 14.1 Å². The Morgan fingerprint density at radius 3 is 2.73 bits per heavy atom. The van der Waals surface area contributed by atoms with E-state index in [2.05, 4.69) is 11.1 Å². The van der Waals surface area contributed by atoms with Crippen LogP contribution in [0.3, 0.4) is 0 Å². The Morgan fingerprint density at radius 1 is 1.07 bits per heavy atom. The van der Waals surface area contributed by atoms with Crippen molar-refractivity contribution in [2.75, 3.05) is 0 Å². The Hall–Kier alpha value is -3.15. The summed E-state index contributed by atoms with van der Waals surface area (Å²) in [6.07, 6.45) is 9.85. The molecule has 5 rings (SSSR count). The third-order valence-corrected chi connectivity index (χ3v) is 6.19. The zero-order chi connectivity index (χ0) is 20.5. The monoisotopic (exact) mass is 403 g/mol. The molecule has 0 saturated heterocycles. The molecule has 0 aliphatic heterocycles. The number of nitrogens with zero attached hydrogens (tertiary/aromatic N) is 3. The molecule has 6 heteroatoms. The molecule has 1 fully saturated rings. The molecule has 154 valence electrons. The van der Waals surface area contributed by atoms with E-state index in [9.17, 15) is 9.59 Å². The van der Waals surface area contributed by atoms with Gasteiger partial charge in [0, 0.05) is 36.8 Å². The van der Waals surface area contributed by atoms with Gasteiger partial charge in [-0.25, -0.2) is 4.79 Å². The summed E-state index contributed by atoms with van der Waals surface area (Å²) in [4.78, 5) is 30.4. The summed E-state index contributed by atoms with van der Waals surface area (Å²) in [5.74, 6) is 0.939. The second-order valence-electron chi connectivity index (χ2n) is 8.15. The summed E-state index contributed by atoms with van der Waals surface area (Å²) in [6, 6.07) is 12.0. The van der Waals surface area contributed by atoms with Crippen LogP contribution in [-0.2, 0) is 13.0 Å². The lowest BCUT2D eigenvalue weighted by Gasteiger charge is -2.18. The Bertz CT molecular complexity index is 1280. The highest BCUT2D eigenvalue weighted by atomic mass is 16.3. The third kappa shape index (κ3) is 3.36. The molecule has 1 saturated carbocycles. The molecule has 3 heterocycles. The van der Waals surface area contributed by atoms with Crippen molar-refractivity contribution in [2.45, 2.75) is 57.5 Å². The number of benzene rings is 1. The molecule has 30 heavy (non-hydrogen) atoms. The minimum absolute atomic E-state index is 0.171. The van der Waals surface area contributed by atoms with Crippen LogP contribution in [0, 0.1) is 0 Å². The van der Waals surface area contributed by atoms with E-state index in [1.807, 2.05) is 28.8 Å². The lowest BCUT2D eigenvalue weighted by atomic mass is 10.2. The van der Waals surface area contributed by atoms with E-state index < -0.39 is 0 Å². The standard InChI is InChI=1S/C24H25N3O3/c28-23-20-16-25-13-12-21(20)27(18-8-2-3-9-18)24(29)26(23)14-6-5-10-19-15-17-7-1-4-11-22(17)30-19/h1,4,7,11-13,15-16,18H,2-3,5-6,8-10,14H2. The first-order chi connectivity index (χ1) is 14.7. The maximum atomic E-state index is 13.3. The molecular formula is C24H25N3O3. The minimum Gasteiger partial charge on any atom is -0.461 e. The van der Waals surface area contributed by atoms with Crippen LogP contribution in [0.4, 0.5) is 0 Å². The first kappa shape index (κ1) is 18.9. The summed E-state index contributed by atoms with van der Waals surface area (Å²) in [6.45, 7) is 0.412. The van der Waals surface area contributed by atoms with Crippen LogP contribution in [0.15, 0.2) is 62.8 Å². The molecule has 0 atom stereocenters. The fourth-order valence-corrected chi connectivity index (χ4v) is 4.67. The number of para-hydroxylation sites is 1. The Morgan fingerprint density at radius 2 is 1.90 bits per heavy atom. The molecule has 0 radical (unpaired) electrons. The Balaban J connectivity index is 1.38. The third-order valence-electron chi connectivity index (χ3n) is 6.19. The lowest BCUT2D eigenvalue weighted by Crippen LogP contribution is -2.41. The van der Waals surface area contributed by atoms with Crippen LogP contribution in [0.1, 0.15) is 50.3 Å². The van der Waals surface area contributed by atoms with Crippen LogP contribution in [0.25, 0.3) is 21.9 Å². The van der Waals surface area contributed by atoms with Gasteiger partial charge in [0.05, 0.1) is 10.9 Å². The molecule has 4 aromatic rings. The van der Waals surface area contributed by atoms with Crippen molar-refractivity contribution in [3.05, 3.63) is 75.4 Å². The predicted octanol–water partition coefficient (Wildman–Crippen LogP) is 4.44. The normalized spacial score (nSPS) is 14.8. The van der Waals surface area contributed by atoms with E-state index in [1.54, 1.807) is 18.5 Å². The van der Waals surface area contributed by atoms with Crippen molar-refractivity contribution in [1.29, 1.82) is 0 Å². The zero-order valence-electron chi connectivity index (χ0n) is 16.9. The lowest BCUT2D eigenvalue weighted by molar-refractivity contribution is 0.463. The van der Waals surface area contributed by atoms with Gasteiger partial charge in [-0.05, 0) is 43.9 Å². The maximum absolute atomic E-state index is 13.3. The molecule has 0 spiro atoms. The first-order valence-electron chi connectivity index (χ1n) is 10.8. The molecule has 6 nitrogen and oxygen atoms in total. The van der Waals surface area contributed by atoms with Crippen molar-refractivity contribution in [1.82, 2.24) is 14.1 Å². The van der Waals surface area contributed by atoms with Gasteiger partial charge in [-0.15, -0.1) is 0 Å². The highest BCUT2D eigenvalue weighted by Crippen LogP contribution is 2.30. The maximum Gasteiger partial charge on any atom is 0.331 e. The molecule has 0 unspecified atom stereocenters. The van der Waals surface area contributed by atoms with Gasteiger partial charge in [-0.2, -0.15) is 0 Å². The van der Waals surface area contributed by atoms with E-state index >= 15 is 0 Å². The number of aromatic nitrogens is 3.